The smallest absolute Gasteiger partial charge is 0.129 e. The third-order valence-corrected chi connectivity index (χ3v) is 2.73. The molecule has 2 rings (SSSR count). The third-order valence-electron chi connectivity index (χ3n) is 2.49. The van der Waals surface area contributed by atoms with Crippen molar-refractivity contribution in [2.75, 3.05) is 0 Å². The van der Waals surface area contributed by atoms with E-state index in [0.717, 1.165) is 5.56 Å². The molecule has 2 aromatic rings. The first-order chi connectivity index (χ1) is 8.16. The topological polar surface area (TPSA) is 9.23 Å². The molecule has 0 amide bonds. The molecule has 0 aliphatic rings. The zero-order valence-electron chi connectivity index (χ0n) is 9.41. The lowest BCUT2D eigenvalue weighted by molar-refractivity contribution is 0.298. The third kappa shape index (κ3) is 2.98. The molecule has 0 heterocycles. The molecule has 0 aromatic heterocycles. The SMILES string of the molecule is Cc1ccc(Cl)cc1OCc1ccccc1F. The summed E-state index contributed by atoms with van der Waals surface area (Å²) in [6.07, 6.45) is 0. The highest BCUT2D eigenvalue weighted by Crippen LogP contribution is 2.23. The van der Waals surface area contributed by atoms with Crippen molar-refractivity contribution in [1.82, 2.24) is 0 Å². The summed E-state index contributed by atoms with van der Waals surface area (Å²) in [5, 5.41) is 0.610. The molecule has 0 spiro atoms. The van der Waals surface area contributed by atoms with E-state index < -0.39 is 0 Å². The number of benzene rings is 2. The molecule has 0 saturated carbocycles. The van der Waals surface area contributed by atoms with Crippen LogP contribution in [0.25, 0.3) is 0 Å². The van der Waals surface area contributed by atoms with E-state index in [4.69, 9.17) is 16.3 Å². The number of hydrogen-bond donors (Lipinski definition) is 0. The number of aryl methyl sites for hydroxylation is 1. The van der Waals surface area contributed by atoms with Crippen molar-refractivity contribution in [1.29, 1.82) is 0 Å². The Morgan fingerprint density at radius 2 is 1.94 bits per heavy atom. The first kappa shape index (κ1) is 11.9. The zero-order valence-corrected chi connectivity index (χ0v) is 10.2. The summed E-state index contributed by atoms with van der Waals surface area (Å²) in [4.78, 5) is 0. The van der Waals surface area contributed by atoms with E-state index in [1.807, 2.05) is 13.0 Å². The van der Waals surface area contributed by atoms with Gasteiger partial charge in [-0.25, -0.2) is 4.39 Å². The quantitative estimate of drug-likeness (QED) is 0.786. The molecule has 0 unspecified atom stereocenters. The highest BCUT2D eigenvalue weighted by molar-refractivity contribution is 6.30. The van der Waals surface area contributed by atoms with Crippen LogP contribution in [0.2, 0.25) is 5.02 Å². The fraction of sp³-hybridized carbons (Fsp3) is 0.143. The monoisotopic (exact) mass is 250 g/mol. The molecule has 2 aromatic carbocycles. The lowest BCUT2D eigenvalue weighted by atomic mass is 10.2. The van der Waals surface area contributed by atoms with E-state index in [-0.39, 0.29) is 12.4 Å². The average Bonchev–Trinajstić information content (AvgIpc) is 2.32. The lowest BCUT2D eigenvalue weighted by Gasteiger charge is -2.09. The second kappa shape index (κ2) is 5.19. The van der Waals surface area contributed by atoms with Crippen molar-refractivity contribution in [2.45, 2.75) is 13.5 Å². The molecule has 0 atom stereocenters. The van der Waals surface area contributed by atoms with E-state index in [0.29, 0.717) is 16.3 Å². The first-order valence-corrected chi connectivity index (χ1v) is 5.67. The molecule has 0 saturated heterocycles. The van der Waals surface area contributed by atoms with Crippen molar-refractivity contribution in [3.63, 3.8) is 0 Å². The van der Waals surface area contributed by atoms with E-state index in [1.165, 1.54) is 6.07 Å². The Labute approximate surface area is 105 Å². The lowest BCUT2D eigenvalue weighted by Crippen LogP contribution is -1.99. The number of halogens is 2. The van der Waals surface area contributed by atoms with E-state index in [1.54, 1.807) is 30.3 Å². The molecular weight excluding hydrogens is 239 g/mol. The maximum atomic E-state index is 13.4. The van der Waals surface area contributed by atoms with Crippen molar-refractivity contribution in [3.8, 4) is 5.75 Å². The molecule has 0 aliphatic heterocycles. The molecule has 3 heteroatoms. The van der Waals surface area contributed by atoms with E-state index in [2.05, 4.69) is 0 Å². The largest absolute Gasteiger partial charge is 0.488 e. The van der Waals surface area contributed by atoms with Gasteiger partial charge in [0, 0.05) is 10.6 Å². The minimum atomic E-state index is -0.257. The van der Waals surface area contributed by atoms with Gasteiger partial charge < -0.3 is 4.74 Å². The Morgan fingerprint density at radius 1 is 1.18 bits per heavy atom. The van der Waals surface area contributed by atoms with Crippen LogP contribution in [-0.2, 0) is 6.61 Å². The predicted molar refractivity (Wildman–Crippen MR) is 66.9 cm³/mol. The van der Waals surface area contributed by atoms with E-state index >= 15 is 0 Å². The van der Waals surface area contributed by atoms with Gasteiger partial charge in [0.2, 0.25) is 0 Å². The number of hydrogen-bond acceptors (Lipinski definition) is 1. The molecule has 17 heavy (non-hydrogen) atoms. The Balaban J connectivity index is 2.12. The highest BCUT2D eigenvalue weighted by atomic mass is 35.5. The standard InChI is InChI=1S/C14H12ClFO/c1-10-6-7-12(15)8-14(10)17-9-11-4-2-3-5-13(11)16/h2-8H,9H2,1H3. The second-order valence-electron chi connectivity index (χ2n) is 3.79. The van der Waals surface area contributed by atoms with Gasteiger partial charge in [-0.05, 0) is 30.7 Å². The van der Waals surface area contributed by atoms with Crippen LogP contribution in [0.15, 0.2) is 42.5 Å². The van der Waals surface area contributed by atoms with Gasteiger partial charge in [0.1, 0.15) is 18.2 Å². The molecular formula is C14H12ClFO. The Morgan fingerprint density at radius 3 is 2.71 bits per heavy atom. The van der Waals surface area contributed by atoms with Gasteiger partial charge in [0.25, 0.3) is 0 Å². The van der Waals surface area contributed by atoms with Gasteiger partial charge in [0.05, 0.1) is 0 Å². The Hall–Kier alpha value is -1.54. The molecule has 0 fully saturated rings. The molecule has 0 N–H and O–H groups in total. The summed E-state index contributed by atoms with van der Waals surface area (Å²) in [6.45, 7) is 2.13. The fourth-order valence-corrected chi connectivity index (χ4v) is 1.66. The van der Waals surface area contributed by atoms with Gasteiger partial charge in [-0.3, -0.25) is 0 Å². The van der Waals surface area contributed by atoms with Gasteiger partial charge in [-0.1, -0.05) is 35.9 Å². The minimum absolute atomic E-state index is 0.202. The van der Waals surface area contributed by atoms with Crippen molar-refractivity contribution < 1.29 is 9.13 Å². The first-order valence-electron chi connectivity index (χ1n) is 5.29. The maximum Gasteiger partial charge on any atom is 0.129 e. The highest BCUT2D eigenvalue weighted by Gasteiger charge is 2.04. The summed E-state index contributed by atoms with van der Waals surface area (Å²) in [5.74, 6) is 0.424. The number of rotatable bonds is 3. The summed E-state index contributed by atoms with van der Waals surface area (Å²) in [7, 11) is 0. The average molecular weight is 251 g/mol. The second-order valence-corrected chi connectivity index (χ2v) is 4.23. The molecule has 0 aliphatic carbocycles. The van der Waals surface area contributed by atoms with Crippen LogP contribution >= 0.6 is 11.6 Å². The van der Waals surface area contributed by atoms with Gasteiger partial charge in [-0.15, -0.1) is 0 Å². The Kier molecular flexibility index (Phi) is 3.64. The van der Waals surface area contributed by atoms with Gasteiger partial charge in [0.15, 0.2) is 0 Å². The van der Waals surface area contributed by atoms with Crippen molar-refractivity contribution in [2.24, 2.45) is 0 Å². The summed E-state index contributed by atoms with van der Waals surface area (Å²) < 4.78 is 18.9. The van der Waals surface area contributed by atoms with Crippen LogP contribution < -0.4 is 4.74 Å². The maximum absolute atomic E-state index is 13.4. The zero-order chi connectivity index (χ0) is 12.3. The molecule has 88 valence electrons. The van der Waals surface area contributed by atoms with Crippen LogP contribution in [0, 0.1) is 12.7 Å². The molecule has 0 bridgehead atoms. The minimum Gasteiger partial charge on any atom is -0.488 e. The predicted octanol–water partition coefficient (Wildman–Crippen LogP) is 4.37. The van der Waals surface area contributed by atoms with Crippen LogP contribution in [0.4, 0.5) is 4.39 Å². The van der Waals surface area contributed by atoms with Gasteiger partial charge >= 0.3 is 0 Å². The molecule has 1 nitrogen and oxygen atoms in total. The Bertz CT molecular complexity index is 525. The van der Waals surface area contributed by atoms with E-state index in [9.17, 15) is 4.39 Å². The van der Waals surface area contributed by atoms with Gasteiger partial charge in [-0.2, -0.15) is 0 Å². The summed E-state index contributed by atoms with van der Waals surface area (Å²) in [6, 6.07) is 12.0. The summed E-state index contributed by atoms with van der Waals surface area (Å²) >= 11 is 5.88. The van der Waals surface area contributed by atoms with Crippen LogP contribution in [0.5, 0.6) is 5.75 Å². The normalized spacial score (nSPS) is 10.3. The van der Waals surface area contributed by atoms with Crippen molar-refractivity contribution in [3.05, 3.63) is 64.4 Å². The van der Waals surface area contributed by atoms with Crippen molar-refractivity contribution >= 4 is 11.6 Å². The van der Waals surface area contributed by atoms with Crippen LogP contribution in [0.1, 0.15) is 11.1 Å². The van der Waals surface area contributed by atoms with Crippen LogP contribution in [0.3, 0.4) is 0 Å². The fourth-order valence-electron chi connectivity index (χ4n) is 1.50. The van der Waals surface area contributed by atoms with Crippen LogP contribution in [-0.4, -0.2) is 0 Å². The number of ether oxygens (including phenoxy) is 1. The summed E-state index contributed by atoms with van der Waals surface area (Å²) in [5.41, 5.74) is 1.51. The molecule has 0 radical (unpaired) electrons.